The lowest BCUT2D eigenvalue weighted by Crippen LogP contribution is -2.38. The number of carbonyl (C=O) groups is 1. The highest BCUT2D eigenvalue weighted by atomic mass is 32.1. The number of anilines is 1. The van der Waals surface area contributed by atoms with Crippen LogP contribution in [0.15, 0.2) is 48.0 Å². The lowest BCUT2D eigenvalue weighted by atomic mass is 10.1. The van der Waals surface area contributed by atoms with Gasteiger partial charge in [-0.2, -0.15) is 0 Å². The maximum Gasteiger partial charge on any atom is 0.260 e. The molecule has 0 bridgehead atoms. The van der Waals surface area contributed by atoms with Gasteiger partial charge in [0.15, 0.2) is 0 Å². The molecule has 0 fully saturated rings. The molecule has 0 unspecified atom stereocenters. The Bertz CT molecular complexity index is 1250. The van der Waals surface area contributed by atoms with Gasteiger partial charge in [-0.3, -0.25) is 9.78 Å². The number of pyridine rings is 1. The van der Waals surface area contributed by atoms with Crippen LogP contribution in [-0.2, 0) is 6.42 Å². The summed E-state index contributed by atoms with van der Waals surface area (Å²) in [6, 6.07) is 11.3. The van der Waals surface area contributed by atoms with E-state index in [9.17, 15) is 4.79 Å². The van der Waals surface area contributed by atoms with Gasteiger partial charge < -0.3 is 9.64 Å². The first-order valence-electron chi connectivity index (χ1n) is 9.96. The number of aromatic nitrogens is 3. The van der Waals surface area contributed by atoms with E-state index in [0.717, 1.165) is 43.4 Å². The van der Waals surface area contributed by atoms with E-state index < -0.39 is 0 Å². The zero-order chi connectivity index (χ0) is 21.4. The fourth-order valence-corrected chi connectivity index (χ4v) is 5.37. The molecule has 0 N–H and O–H groups in total. The van der Waals surface area contributed by atoms with Crippen LogP contribution in [0.3, 0.4) is 0 Å². The average molecular weight is 449 g/mol. The molecule has 0 atom stereocenters. The molecule has 8 heteroatoms. The zero-order valence-corrected chi connectivity index (χ0v) is 18.8. The van der Waals surface area contributed by atoms with Gasteiger partial charge in [-0.05, 0) is 38.1 Å². The van der Waals surface area contributed by atoms with Gasteiger partial charge in [0.2, 0.25) is 0 Å². The van der Waals surface area contributed by atoms with Crippen LogP contribution in [0, 0.1) is 13.8 Å². The highest BCUT2D eigenvalue weighted by Crippen LogP contribution is 2.32. The lowest BCUT2D eigenvalue weighted by Gasteiger charge is -2.29. The van der Waals surface area contributed by atoms with Crippen molar-refractivity contribution in [3.05, 3.63) is 74.9 Å². The van der Waals surface area contributed by atoms with Gasteiger partial charge in [0.25, 0.3) is 5.91 Å². The minimum Gasteiger partial charge on any atom is -0.490 e. The Balaban J connectivity index is 1.31. The van der Waals surface area contributed by atoms with Crippen LogP contribution >= 0.6 is 22.7 Å². The summed E-state index contributed by atoms with van der Waals surface area (Å²) in [4.78, 5) is 29.7. The molecule has 1 amide bonds. The quantitative estimate of drug-likeness (QED) is 0.444. The molecule has 156 valence electrons. The van der Waals surface area contributed by atoms with Crippen molar-refractivity contribution in [3.63, 3.8) is 0 Å². The first kappa shape index (κ1) is 19.8. The number of hydrogen-bond donors (Lipinski definition) is 0. The molecular formula is C23H20N4O2S2. The molecule has 4 heterocycles. The molecule has 31 heavy (non-hydrogen) atoms. The topological polar surface area (TPSA) is 68.2 Å². The third kappa shape index (κ3) is 3.96. The third-order valence-corrected chi connectivity index (χ3v) is 7.01. The number of amides is 1. The van der Waals surface area contributed by atoms with Crippen LogP contribution in [0.1, 0.15) is 31.8 Å². The van der Waals surface area contributed by atoms with Gasteiger partial charge in [0, 0.05) is 23.7 Å². The molecule has 3 aromatic heterocycles. The van der Waals surface area contributed by atoms with Crippen LogP contribution in [0.2, 0.25) is 0 Å². The number of thiazole rings is 2. The Kier molecular flexibility index (Phi) is 5.25. The van der Waals surface area contributed by atoms with Crippen LogP contribution < -0.4 is 9.64 Å². The standard InChI is InChI=1S/C23H20N4O2S2/c1-14-22(31-15(2)25-14)18-13-30-21(26-18)11-17-8-7-16(12-24-17)23(28)27-9-10-29-20-6-4-3-5-19(20)27/h3-8,12-13H,9-11H2,1-2H3. The van der Waals surface area contributed by atoms with E-state index in [1.165, 1.54) is 0 Å². The number of hydrogen-bond acceptors (Lipinski definition) is 7. The molecule has 0 spiro atoms. The second kappa shape index (κ2) is 8.20. The second-order valence-corrected chi connectivity index (χ2v) is 9.41. The summed E-state index contributed by atoms with van der Waals surface area (Å²) in [5.74, 6) is 0.667. The van der Waals surface area contributed by atoms with Gasteiger partial charge in [-0.25, -0.2) is 9.97 Å². The third-order valence-electron chi connectivity index (χ3n) is 5.07. The van der Waals surface area contributed by atoms with Crippen LogP contribution in [-0.4, -0.2) is 34.0 Å². The number of rotatable bonds is 4. The normalized spacial score (nSPS) is 13.0. The Morgan fingerprint density at radius 2 is 2.03 bits per heavy atom. The van der Waals surface area contributed by atoms with Crippen LogP contribution in [0.25, 0.3) is 10.6 Å². The molecule has 6 nitrogen and oxygen atoms in total. The summed E-state index contributed by atoms with van der Waals surface area (Å²) in [6.45, 7) is 5.04. The fraction of sp³-hybridized carbons (Fsp3) is 0.217. The molecule has 1 aliphatic heterocycles. The summed E-state index contributed by atoms with van der Waals surface area (Å²) in [5.41, 5.74) is 4.24. The number of ether oxygens (including phenoxy) is 1. The molecule has 0 radical (unpaired) electrons. The van der Waals surface area contributed by atoms with Crippen molar-refractivity contribution in [3.8, 4) is 16.3 Å². The van der Waals surface area contributed by atoms with Crippen molar-refractivity contribution < 1.29 is 9.53 Å². The summed E-state index contributed by atoms with van der Waals surface area (Å²) < 4.78 is 5.65. The molecule has 0 aliphatic carbocycles. The molecular weight excluding hydrogens is 428 g/mol. The van der Waals surface area contributed by atoms with E-state index in [4.69, 9.17) is 9.72 Å². The van der Waals surface area contributed by atoms with Crippen molar-refractivity contribution in [2.24, 2.45) is 0 Å². The Labute approximate surface area is 188 Å². The highest BCUT2D eigenvalue weighted by Gasteiger charge is 2.24. The number of fused-ring (bicyclic) bond motifs is 1. The van der Waals surface area contributed by atoms with E-state index in [1.807, 2.05) is 50.2 Å². The number of para-hydroxylation sites is 2. The maximum absolute atomic E-state index is 13.0. The Hall–Kier alpha value is -3.10. The predicted octanol–water partition coefficient (Wildman–Crippen LogP) is 4.91. The van der Waals surface area contributed by atoms with Crippen molar-refractivity contribution in [1.29, 1.82) is 0 Å². The number of carbonyl (C=O) groups excluding carboxylic acids is 1. The number of aryl methyl sites for hydroxylation is 2. The van der Waals surface area contributed by atoms with Crippen molar-refractivity contribution in [2.75, 3.05) is 18.1 Å². The SMILES string of the molecule is Cc1nc(C)c(-c2csc(Cc3ccc(C(=O)N4CCOc5ccccc54)cn3)n2)s1. The largest absolute Gasteiger partial charge is 0.490 e. The predicted molar refractivity (Wildman–Crippen MR) is 123 cm³/mol. The maximum atomic E-state index is 13.0. The van der Waals surface area contributed by atoms with E-state index in [2.05, 4.69) is 15.3 Å². The molecule has 0 saturated heterocycles. The first-order chi connectivity index (χ1) is 15.1. The Morgan fingerprint density at radius 3 is 2.81 bits per heavy atom. The van der Waals surface area contributed by atoms with Crippen molar-refractivity contribution in [1.82, 2.24) is 15.0 Å². The molecule has 0 saturated carbocycles. The van der Waals surface area contributed by atoms with Gasteiger partial charge in [-0.1, -0.05) is 12.1 Å². The molecule has 5 rings (SSSR count). The monoisotopic (exact) mass is 448 g/mol. The summed E-state index contributed by atoms with van der Waals surface area (Å²) in [6.07, 6.45) is 2.29. The second-order valence-electron chi connectivity index (χ2n) is 7.26. The van der Waals surface area contributed by atoms with Crippen LogP contribution in [0.4, 0.5) is 5.69 Å². The molecule has 1 aliphatic rings. The summed E-state index contributed by atoms with van der Waals surface area (Å²) in [7, 11) is 0. The summed E-state index contributed by atoms with van der Waals surface area (Å²) >= 11 is 3.29. The highest BCUT2D eigenvalue weighted by molar-refractivity contribution is 7.16. The van der Waals surface area contributed by atoms with E-state index in [0.29, 0.717) is 25.1 Å². The van der Waals surface area contributed by atoms with E-state index >= 15 is 0 Å². The smallest absolute Gasteiger partial charge is 0.260 e. The molecule has 1 aromatic carbocycles. The van der Waals surface area contributed by atoms with Gasteiger partial charge in [0.05, 0.1) is 44.1 Å². The summed E-state index contributed by atoms with van der Waals surface area (Å²) in [5, 5.41) is 4.12. The number of nitrogens with zero attached hydrogens (tertiary/aromatic N) is 4. The minimum absolute atomic E-state index is 0.0672. The average Bonchev–Trinajstić information content (AvgIpc) is 3.38. The number of benzene rings is 1. The Morgan fingerprint density at radius 1 is 1.16 bits per heavy atom. The van der Waals surface area contributed by atoms with Crippen LogP contribution in [0.5, 0.6) is 5.75 Å². The van der Waals surface area contributed by atoms with E-state index in [-0.39, 0.29) is 5.91 Å². The van der Waals surface area contributed by atoms with Crippen molar-refractivity contribution >= 4 is 34.3 Å². The first-order valence-corrected chi connectivity index (χ1v) is 11.7. The van der Waals surface area contributed by atoms with Gasteiger partial charge in [0.1, 0.15) is 12.4 Å². The fourth-order valence-electron chi connectivity index (χ4n) is 3.61. The van der Waals surface area contributed by atoms with Gasteiger partial charge in [-0.15, -0.1) is 22.7 Å². The molecule has 4 aromatic rings. The zero-order valence-electron chi connectivity index (χ0n) is 17.2. The minimum atomic E-state index is -0.0672. The van der Waals surface area contributed by atoms with E-state index in [1.54, 1.807) is 33.8 Å². The van der Waals surface area contributed by atoms with Crippen molar-refractivity contribution in [2.45, 2.75) is 20.3 Å². The lowest BCUT2D eigenvalue weighted by molar-refractivity contribution is 0.0976. The van der Waals surface area contributed by atoms with Gasteiger partial charge >= 0.3 is 0 Å².